The normalized spacial score (nSPS) is 14.3. The Kier molecular flexibility index (Phi) is 5.59. The van der Waals surface area contributed by atoms with Gasteiger partial charge in [-0.1, -0.05) is 44.2 Å². The van der Waals surface area contributed by atoms with Crippen LogP contribution in [0, 0.1) is 5.92 Å². The number of hydrogen-bond acceptors (Lipinski definition) is 4. The molecule has 1 atom stereocenters. The lowest BCUT2D eigenvalue weighted by Crippen LogP contribution is -2.33. The Labute approximate surface area is 180 Å². The minimum atomic E-state index is -0.327. The number of aromatic nitrogens is 2. The summed E-state index contributed by atoms with van der Waals surface area (Å²) in [6.07, 6.45) is 1.15. The molecule has 160 valence electrons. The highest BCUT2D eigenvalue weighted by Gasteiger charge is 2.21. The van der Waals surface area contributed by atoms with Crippen LogP contribution in [0.5, 0.6) is 0 Å². The van der Waals surface area contributed by atoms with Crippen molar-refractivity contribution in [1.29, 1.82) is 0 Å². The Morgan fingerprint density at radius 2 is 1.84 bits per heavy atom. The number of hydrogen-bond donors (Lipinski definition) is 2. The molecule has 0 bridgehead atoms. The van der Waals surface area contributed by atoms with Crippen LogP contribution in [0.15, 0.2) is 47.3 Å². The quantitative estimate of drug-likeness (QED) is 0.664. The van der Waals surface area contributed by atoms with Crippen LogP contribution in [0.4, 0.5) is 5.69 Å². The van der Waals surface area contributed by atoms with Gasteiger partial charge in [0, 0.05) is 24.0 Å². The zero-order valence-corrected chi connectivity index (χ0v) is 17.9. The van der Waals surface area contributed by atoms with Gasteiger partial charge in [-0.15, -0.1) is 0 Å². The topological polar surface area (TPSA) is 93.1 Å². The molecular weight excluding hydrogens is 392 g/mol. The molecule has 0 saturated heterocycles. The number of amides is 2. The van der Waals surface area contributed by atoms with Crippen molar-refractivity contribution in [2.24, 2.45) is 5.92 Å². The van der Waals surface area contributed by atoms with E-state index in [0.717, 1.165) is 16.8 Å². The lowest BCUT2D eigenvalue weighted by molar-refractivity contribution is -0.116. The fourth-order valence-corrected chi connectivity index (χ4v) is 3.89. The molecule has 2 N–H and O–H groups in total. The molecule has 2 aromatic carbocycles. The third-order valence-electron chi connectivity index (χ3n) is 5.49. The first-order valence-corrected chi connectivity index (χ1v) is 10.6. The van der Waals surface area contributed by atoms with Gasteiger partial charge in [-0.25, -0.2) is 4.68 Å². The average Bonchev–Trinajstić information content (AvgIpc) is 2.75. The first-order valence-electron chi connectivity index (χ1n) is 10.6. The average molecular weight is 418 g/mol. The largest absolute Gasteiger partial charge is 0.344 e. The van der Waals surface area contributed by atoms with Crippen molar-refractivity contribution in [2.75, 3.05) is 5.32 Å². The fourth-order valence-electron chi connectivity index (χ4n) is 3.89. The van der Waals surface area contributed by atoms with Crippen LogP contribution in [-0.2, 0) is 17.8 Å². The third-order valence-corrected chi connectivity index (χ3v) is 5.49. The lowest BCUT2D eigenvalue weighted by Gasteiger charge is -2.20. The number of rotatable bonds is 5. The van der Waals surface area contributed by atoms with Crippen molar-refractivity contribution < 1.29 is 9.59 Å². The van der Waals surface area contributed by atoms with E-state index in [2.05, 4.69) is 15.7 Å². The third kappa shape index (κ3) is 4.21. The summed E-state index contributed by atoms with van der Waals surface area (Å²) in [5.74, 6) is -0.0829. The molecule has 0 radical (unpaired) electrons. The van der Waals surface area contributed by atoms with Crippen LogP contribution in [0.2, 0.25) is 0 Å². The predicted molar refractivity (Wildman–Crippen MR) is 120 cm³/mol. The Balaban J connectivity index is 1.65. The van der Waals surface area contributed by atoms with E-state index in [0.29, 0.717) is 30.2 Å². The van der Waals surface area contributed by atoms with Crippen LogP contribution in [0.1, 0.15) is 54.8 Å². The number of benzene rings is 2. The van der Waals surface area contributed by atoms with Gasteiger partial charge in [-0.2, -0.15) is 5.10 Å². The number of anilines is 1. The predicted octanol–water partition coefficient (Wildman–Crippen LogP) is 3.43. The van der Waals surface area contributed by atoms with E-state index in [9.17, 15) is 14.4 Å². The second-order valence-corrected chi connectivity index (χ2v) is 8.44. The minimum absolute atomic E-state index is 0.0241. The molecule has 0 spiro atoms. The maximum Gasteiger partial charge on any atom is 0.274 e. The molecule has 0 saturated carbocycles. The first-order chi connectivity index (χ1) is 14.8. The highest BCUT2D eigenvalue weighted by Crippen LogP contribution is 2.26. The molecule has 2 amide bonds. The maximum atomic E-state index is 13.2. The molecule has 7 heteroatoms. The molecule has 1 unspecified atom stereocenters. The highest BCUT2D eigenvalue weighted by atomic mass is 16.2. The minimum Gasteiger partial charge on any atom is -0.344 e. The monoisotopic (exact) mass is 418 g/mol. The van der Waals surface area contributed by atoms with Gasteiger partial charge < -0.3 is 10.6 Å². The summed E-state index contributed by atoms with van der Waals surface area (Å²) in [7, 11) is 0. The summed E-state index contributed by atoms with van der Waals surface area (Å²) in [5, 5.41) is 11.3. The Hall–Kier alpha value is -3.48. The van der Waals surface area contributed by atoms with E-state index in [4.69, 9.17) is 0 Å². The van der Waals surface area contributed by atoms with Gasteiger partial charge in [-0.3, -0.25) is 14.4 Å². The second kappa shape index (κ2) is 8.34. The van der Waals surface area contributed by atoms with Crippen LogP contribution in [0.3, 0.4) is 0 Å². The van der Waals surface area contributed by atoms with Gasteiger partial charge in [0.05, 0.1) is 11.4 Å². The van der Waals surface area contributed by atoms with E-state index < -0.39 is 0 Å². The zero-order valence-electron chi connectivity index (χ0n) is 17.9. The highest BCUT2D eigenvalue weighted by molar-refractivity contribution is 6.05. The Bertz CT molecular complexity index is 1230. The summed E-state index contributed by atoms with van der Waals surface area (Å²) in [5.41, 5.74) is 2.89. The van der Waals surface area contributed by atoms with Crippen molar-refractivity contribution in [3.05, 3.63) is 69.6 Å². The van der Waals surface area contributed by atoms with Crippen molar-refractivity contribution in [3.63, 3.8) is 0 Å². The number of nitrogens with zero attached hydrogens (tertiary/aromatic N) is 2. The second-order valence-electron chi connectivity index (χ2n) is 8.44. The summed E-state index contributed by atoms with van der Waals surface area (Å²) < 4.78 is 1.38. The fraction of sp³-hybridized carbons (Fsp3) is 0.333. The van der Waals surface area contributed by atoms with E-state index in [1.165, 1.54) is 4.68 Å². The van der Waals surface area contributed by atoms with E-state index in [1.807, 2.05) is 39.0 Å². The molecule has 3 aromatic rings. The smallest absolute Gasteiger partial charge is 0.274 e. The lowest BCUT2D eigenvalue weighted by atomic mass is 9.97. The van der Waals surface area contributed by atoms with E-state index >= 15 is 0 Å². The van der Waals surface area contributed by atoms with Crippen molar-refractivity contribution in [2.45, 2.75) is 46.2 Å². The van der Waals surface area contributed by atoms with Crippen LogP contribution >= 0.6 is 0 Å². The molecule has 4 rings (SSSR count). The number of nitrogens with one attached hydrogen (secondary N) is 2. The maximum absolute atomic E-state index is 13.2. The molecule has 2 heterocycles. The van der Waals surface area contributed by atoms with Gasteiger partial charge >= 0.3 is 0 Å². The molecule has 0 fully saturated rings. The van der Waals surface area contributed by atoms with Crippen LogP contribution in [-0.4, -0.2) is 21.6 Å². The number of carbonyl (C=O) groups is 2. The van der Waals surface area contributed by atoms with E-state index in [-0.39, 0.29) is 35.0 Å². The van der Waals surface area contributed by atoms with Gasteiger partial charge in [0.1, 0.15) is 0 Å². The number of aryl methyl sites for hydroxylation is 1. The molecule has 1 aromatic heterocycles. The zero-order chi connectivity index (χ0) is 22.1. The van der Waals surface area contributed by atoms with Crippen molar-refractivity contribution in [3.8, 4) is 0 Å². The molecule has 1 aliphatic heterocycles. The summed E-state index contributed by atoms with van der Waals surface area (Å²) in [6, 6.07) is 12.6. The molecule has 7 nitrogen and oxygen atoms in total. The Morgan fingerprint density at radius 1 is 1.10 bits per heavy atom. The first kappa shape index (κ1) is 20.8. The SMILES string of the molecule is CC(C)Cn1nc(C(=O)NC(C)c2ccc3c(c2)CCC(=O)N3)c2ccccc2c1=O. The van der Waals surface area contributed by atoms with Gasteiger partial charge in [0.25, 0.3) is 11.5 Å². The van der Waals surface area contributed by atoms with Crippen LogP contribution in [0.25, 0.3) is 10.8 Å². The molecule has 0 aliphatic carbocycles. The summed E-state index contributed by atoms with van der Waals surface area (Å²) in [4.78, 5) is 37.5. The Morgan fingerprint density at radius 3 is 2.58 bits per heavy atom. The van der Waals surface area contributed by atoms with E-state index in [1.54, 1.807) is 24.3 Å². The van der Waals surface area contributed by atoms with Crippen molar-refractivity contribution >= 4 is 28.3 Å². The van der Waals surface area contributed by atoms with Crippen LogP contribution < -0.4 is 16.2 Å². The number of fused-ring (bicyclic) bond motifs is 2. The van der Waals surface area contributed by atoms with Gasteiger partial charge in [0.2, 0.25) is 5.91 Å². The summed E-state index contributed by atoms with van der Waals surface area (Å²) >= 11 is 0. The van der Waals surface area contributed by atoms with Gasteiger partial charge in [-0.05, 0) is 42.5 Å². The summed E-state index contributed by atoms with van der Waals surface area (Å²) in [6.45, 7) is 6.36. The molecule has 31 heavy (non-hydrogen) atoms. The molecular formula is C24H26N4O3. The van der Waals surface area contributed by atoms with Crippen molar-refractivity contribution in [1.82, 2.24) is 15.1 Å². The van der Waals surface area contributed by atoms with Gasteiger partial charge in [0.15, 0.2) is 5.69 Å². The standard InChI is InChI=1S/C24H26N4O3/c1-14(2)13-28-24(31)19-7-5-4-6-18(19)22(27-28)23(30)25-15(3)16-8-10-20-17(12-16)9-11-21(29)26-20/h4-8,10,12,14-15H,9,11,13H2,1-3H3,(H,25,30)(H,26,29). The molecule has 1 aliphatic rings. The number of carbonyl (C=O) groups excluding carboxylic acids is 2.